The molecule has 0 radical (unpaired) electrons. The van der Waals surface area contributed by atoms with Crippen LogP contribution in [0.4, 0.5) is 0 Å². The second-order valence-electron chi connectivity index (χ2n) is 2.12. The molecule has 0 aliphatic carbocycles. The molecule has 0 atom stereocenters. The molecule has 0 unspecified atom stereocenters. The van der Waals surface area contributed by atoms with Gasteiger partial charge in [-0.25, -0.2) is 0 Å². The Hall–Kier alpha value is -1.91. The average Bonchev–Trinajstić information content (AvgIpc) is 2.03. The third-order valence-corrected chi connectivity index (χ3v) is 1.27. The summed E-state index contributed by atoms with van der Waals surface area (Å²) in [5, 5.41) is 10.4. The number of carbonyl (C=O) groups is 1. The van der Waals surface area contributed by atoms with Gasteiger partial charge in [0.1, 0.15) is 5.57 Å². The maximum absolute atomic E-state index is 10.7. The molecule has 0 saturated heterocycles. The summed E-state index contributed by atoms with van der Waals surface area (Å²) in [7, 11) is 0. The van der Waals surface area contributed by atoms with Crippen LogP contribution in [0.1, 0.15) is 6.92 Å². The summed E-state index contributed by atoms with van der Waals surface area (Å²) >= 11 is 0. The van der Waals surface area contributed by atoms with E-state index < -0.39 is 10.8 Å². The zero-order chi connectivity index (χ0) is 10.4. The summed E-state index contributed by atoms with van der Waals surface area (Å²) in [5.74, 6) is -0.861. The number of amides is 1. The molecule has 5 nitrogen and oxygen atoms in total. The normalized spacial score (nSPS) is 12.4. The molecule has 5 heteroatoms. The molecule has 13 heavy (non-hydrogen) atoms. The quantitative estimate of drug-likeness (QED) is 0.301. The molecule has 0 saturated carbocycles. The topological polar surface area (TPSA) is 86.2 Å². The average molecular weight is 182 g/mol. The van der Waals surface area contributed by atoms with Gasteiger partial charge >= 0.3 is 0 Å². The Morgan fingerprint density at radius 3 is 2.38 bits per heavy atom. The molecule has 0 bridgehead atoms. The van der Waals surface area contributed by atoms with E-state index in [1.807, 2.05) is 0 Å². The van der Waals surface area contributed by atoms with Crippen molar-refractivity contribution in [2.45, 2.75) is 6.92 Å². The fraction of sp³-hybridized carbons (Fsp3) is 0.125. The van der Waals surface area contributed by atoms with Crippen LogP contribution in [0.15, 0.2) is 36.1 Å². The van der Waals surface area contributed by atoms with Crippen LogP contribution < -0.4 is 5.73 Å². The molecule has 0 aromatic rings. The van der Waals surface area contributed by atoms with Crippen molar-refractivity contribution >= 4 is 5.91 Å². The van der Waals surface area contributed by atoms with E-state index in [4.69, 9.17) is 5.73 Å². The molecule has 0 heterocycles. The second kappa shape index (κ2) is 4.87. The van der Waals surface area contributed by atoms with Crippen molar-refractivity contribution in [2.75, 3.05) is 0 Å². The van der Waals surface area contributed by atoms with Gasteiger partial charge in [-0.1, -0.05) is 12.7 Å². The SMILES string of the molecule is C=C/C(C(N)=O)=C(\C=C/C)[N+](=O)[O-]. The van der Waals surface area contributed by atoms with Gasteiger partial charge in [-0.15, -0.1) is 0 Å². The van der Waals surface area contributed by atoms with Crippen molar-refractivity contribution < 1.29 is 9.72 Å². The van der Waals surface area contributed by atoms with Crippen molar-refractivity contribution in [2.24, 2.45) is 5.73 Å². The van der Waals surface area contributed by atoms with E-state index in [1.165, 1.54) is 12.2 Å². The number of carbonyl (C=O) groups excluding carboxylic acids is 1. The molecule has 1 amide bonds. The van der Waals surface area contributed by atoms with Gasteiger partial charge in [0.2, 0.25) is 0 Å². The first-order valence-electron chi connectivity index (χ1n) is 3.48. The predicted molar refractivity (Wildman–Crippen MR) is 48.2 cm³/mol. The van der Waals surface area contributed by atoms with Crippen molar-refractivity contribution in [1.82, 2.24) is 0 Å². The number of hydrogen-bond acceptors (Lipinski definition) is 3. The van der Waals surface area contributed by atoms with Gasteiger partial charge < -0.3 is 5.73 Å². The number of nitro groups is 1. The molecule has 0 aliphatic rings. The summed E-state index contributed by atoms with van der Waals surface area (Å²) < 4.78 is 0. The van der Waals surface area contributed by atoms with Crippen molar-refractivity contribution in [1.29, 1.82) is 0 Å². The lowest BCUT2D eigenvalue weighted by Crippen LogP contribution is -2.16. The third-order valence-electron chi connectivity index (χ3n) is 1.27. The fourth-order valence-electron chi connectivity index (χ4n) is 0.738. The van der Waals surface area contributed by atoms with Crippen LogP contribution in [0.2, 0.25) is 0 Å². The number of allylic oxidation sites excluding steroid dienone is 2. The molecule has 0 spiro atoms. The van der Waals surface area contributed by atoms with Gasteiger partial charge in [0, 0.05) is 6.08 Å². The predicted octanol–water partition coefficient (Wildman–Crippen LogP) is 0.765. The number of nitrogens with two attached hydrogens (primary N) is 1. The third kappa shape index (κ3) is 2.90. The van der Waals surface area contributed by atoms with Crippen LogP contribution in [-0.4, -0.2) is 10.8 Å². The van der Waals surface area contributed by atoms with E-state index in [9.17, 15) is 14.9 Å². The Bertz CT molecular complexity index is 303. The molecule has 0 aliphatic heterocycles. The maximum atomic E-state index is 10.7. The molecular formula is C8H10N2O3. The first-order chi connectivity index (χ1) is 6.04. The Morgan fingerprint density at radius 1 is 1.62 bits per heavy atom. The molecule has 2 N–H and O–H groups in total. The monoisotopic (exact) mass is 182 g/mol. The molecule has 70 valence electrons. The largest absolute Gasteiger partial charge is 0.365 e. The van der Waals surface area contributed by atoms with Crippen molar-refractivity contribution in [3.05, 3.63) is 46.2 Å². The second-order valence-corrected chi connectivity index (χ2v) is 2.12. The Kier molecular flexibility index (Phi) is 4.15. The first-order valence-corrected chi connectivity index (χ1v) is 3.48. The van der Waals surface area contributed by atoms with Crippen LogP contribution in [-0.2, 0) is 4.79 Å². The van der Waals surface area contributed by atoms with Gasteiger partial charge in [-0.3, -0.25) is 14.9 Å². The summed E-state index contributed by atoms with van der Waals surface area (Å²) in [6.45, 7) is 4.87. The summed E-state index contributed by atoms with van der Waals surface area (Å²) in [6.07, 6.45) is 3.72. The minimum absolute atomic E-state index is 0.192. The highest BCUT2D eigenvalue weighted by Crippen LogP contribution is 2.07. The lowest BCUT2D eigenvalue weighted by molar-refractivity contribution is -0.419. The van der Waals surface area contributed by atoms with E-state index in [1.54, 1.807) is 6.92 Å². The maximum Gasteiger partial charge on any atom is 0.281 e. The molecule has 0 aromatic carbocycles. The first kappa shape index (κ1) is 11.1. The van der Waals surface area contributed by atoms with E-state index >= 15 is 0 Å². The van der Waals surface area contributed by atoms with Crippen LogP contribution in [0.25, 0.3) is 0 Å². The minimum atomic E-state index is -0.861. The number of nitrogens with zero attached hydrogens (tertiary/aromatic N) is 1. The van der Waals surface area contributed by atoms with Crippen LogP contribution in [0.3, 0.4) is 0 Å². The molecular weight excluding hydrogens is 172 g/mol. The smallest absolute Gasteiger partial charge is 0.281 e. The Morgan fingerprint density at radius 2 is 2.15 bits per heavy atom. The van der Waals surface area contributed by atoms with E-state index in [-0.39, 0.29) is 11.3 Å². The van der Waals surface area contributed by atoms with E-state index in [0.717, 1.165) is 6.08 Å². The van der Waals surface area contributed by atoms with Gasteiger partial charge in [-0.2, -0.15) is 0 Å². The van der Waals surface area contributed by atoms with Gasteiger partial charge in [0.25, 0.3) is 11.6 Å². The highest BCUT2D eigenvalue weighted by Gasteiger charge is 2.16. The summed E-state index contributed by atoms with van der Waals surface area (Å²) in [4.78, 5) is 20.5. The standard InChI is InChI=1S/C8H10N2O3/c1-3-5-7(10(12)13)6(4-2)8(9)11/h3-5H,2H2,1H3,(H2,9,11)/b5-3-,7-6-. The highest BCUT2D eigenvalue weighted by atomic mass is 16.6. The van der Waals surface area contributed by atoms with Crippen LogP contribution >= 0.6 is 0 Å². The van der Waals surface area contributed by atoms with Gasteiger partial charge in [0.15, 0.2) is 0 Å². The zero-order valence-electron chi connectivity index (χ0n) is 7.19. The van der Waals surface area contributed by atoms with Crippen LogP contribution in [0, 0.1) is 10.1 Å². The Balaban J connectivity index is 5.38. The summed E-state index contributed by atoms with van der Waals surface area (Å²) in [6, 6.07) is 0. The van der Waals surface area contributed by atoms with Crippen LogP contribution in [0.5, 0.6) is 0 Å². The van der Waals surface area contributed by atoms with E-state index in [2.05, 4.69) is 6.58 Å². The lowest BCUT2D eigenvalue weighted by Gasteiger charge is -1.95. The highest BCUT2D eigenvalue weighted by molar-refractivity contribution is 5.95. The lowest BCUT2D eigenvalue weighted by atomic mass is 10.2. The van der Waals surface area contributed by atoms with Crippen molar-refractivity contribution in [3.8, 4) is 0 Å². The number of rotatable bonds is 4. The van der Waals surface area contributed by atoms with Gasteiger partial charge in [0.05, 0.1) is 4.92 Å². The van der Waals surface area contributed by atoms with E-state index in [0.29, 0.717) is 0 Å². The zero-order valence-corrected chi connectivity index (χ0v) is 7.19. The Labute approximate surface area is 75.4 Å². The molecule has 0 fully saturated rings. The fourth-order valence-corrected chi connectivity index (χ4v) is 0.738. The molecule has 0 aromatic heterocycles. The summed E-state index contributed by atoms with van der Waals surface area (Å²) in [5.41, 5.74) is 4.38. The minimum Gasteiger partial charge on any atom is -0.365 e. The van der Waals surface area contributed by atoms with Gasteiger partial charge in [-0.05, 0) is 13.0 Å². The molecule has 0 rings (SSSR count). The number of hydrogen-bond donors (Lipinski definition) is 1. The van der Waals surface area contributed by atoms with Crippen molar-refractivity contribution in [3.63, 3.8) is 0 Å². The number of primary amides is 1.